The summed E-state index contributed by atoms with van der Waals surface area (Å²) < 4.78 is 18.5. The average Bonchev–Trinajstić information content (AvgIpc) is 3.38. The molecule has 1 saturated carbocycles. The van der Waals surface area contributed by atoms with Gasteiger partial charge in [0.05, 0.1) is 11.8 Å². The molecule has 1 aliphatic carbocycles. The van der Waals surface area contributed by atoms with Crippen LogP contribution in [0.15, 0.2) is 41.0 Å². The lowest BCUT2D eigenvalue weighted by molar-refractivity contribution is 0.0534. The van der Waals surface area contributed by atoms with E-state index in [2.05, 4.69) is 0 Å². The first-order chi connectivity index (χ1) is 12.1. The number of hydrogen-bond acceptors (Lipinski definition) is 3. The van der Waals surface area contributed by atoms with Gasteiger partial charge in [0.2, 0.25) is 0 Å². The van der Waals surface area contributed by atoms with Crippen LogP contribution in [0, 0.1) is 5.82 Å². The maximum absolute atomic E-state index is 13.0. The minimum Gasteiger partial charge on any atom is -0.468 e. The van der Waals surface area contributed by atoms with Crippen LogP contribution >= 0.6 is 0 Å². The molecule has 2 aliphatic rings. The molecule has 0 spiro atoms. The van der Waals surface area contributed by atoms with E-state index in [0.717, 1.165) is 18.6 Å². The number of hydrogen-bond donors (Lipinski definition) is 0. The molecule has 4 rings (SSSR count). The second-order valence-electron chi connectivity index (χ2n) is 6.56. The summed E-state index contributed by atoms with van der Waals surface area (Å²) in [5.41, 5.74) is 1.12. The van der Waals surface area contributed by atoms with Crippen molar-refractivity contribution < 1.29 is 18.4 Å². The second kappa shape index (κ2) is 6.35. The Morgan fingerprint density at radius 1 is 0.920 bits per heavy atom. The zero-order chi connectivity index (χ0) is 17.4. The summed E-state index contributed by atoms with van der Waals surface area (Å²) in [6.45, 7) is 1.92. The third-order valence-corrected chi connectivity index (χ3v) is 4.82. The first kappa shape index (κ1) is 15.9. The van der Waals surface area contributed by atoms with Crippen molar-refractivity contribution in [2.45, 2.75) is 18.8 Å². The Bertz CT molecular complexity index is 787. The SMILES string of the molecule is O=C(c1ccc(F)cc1)N1CCN(C(=O)c2ccoc2C2CC2)CC1. The summed E-state index contributed by atoms with van der Waals surface area (Å²) in [5, 5.41) is 0. The monoisotopic (exact) mass is 342 g/mol. The normalized spacial score (nSPS) is 17.6. The topological polar surface area (TPSA) is 53.8 Å². The summed E-state index contributed by atoms with van der Waals surface area (Å²) in [4.78, 5) is 28.6. The van der Waals surface area contributed by atoms with E-state index in [-0.39, 0.29) is 17.6 Å². The highest BCUT2D eigenvalue weighted by Crippen LogP contribution is 2.42. The first-order valence-corrected chi connectivity index (χ1v) is 8.55. The molecule has 2 heterocycles. The van der Waals surface area contributed by atoms with Gasteiger partial charge in [-0.3, -0.25) is 9.59 Å². The Morgan fingerprint density at radius 3 is 2.12 bits per heavy atom. The van der Waals surface area contributed by atoms with Crippen molar-refractivity contribution >= 4 is 11.8 Å². The number of benzene rings is 1. The van der Waals surface area contributed by atoms with Crippen molar-refractivity contribution in [1.82, 2.24) is 9.80 Å². The van der Waals surface area contributed by atoms with Crippen molar-refractivity contribution in [3.8, 4) is 0 Å². The molecule has 1 saturated heterocycles. The molecule has 2 fully saturated rings. The minimum absolute atomic E-state index is 0.0236. The number of carbonyl (C=O) groups excluding carboxylic acids is 2. The van der Waals surface area contributed by atoms with Crippen LogP contribution in [0.5, 0.6) is 0 Å². The third kappa shape index (κ3) is 3.16. The number of piperazine rings is 1. The zero-order valence-corrected chi connectivity index (χ0v) is 13.8. The van der Waals surface area contributed by atoms with Gasteiger partial charge in [-0.15, -0.1) is 0 Å². The molecule has 1 aromatic heterocycles. The van der Waals surface area contributed by atoms with E-state index in [4.69, 9.17) is 4.42 Å². The summed E-state index contributed by atoms with van der Waals surface area (Å²) in [6.07, 6.45) is 3.73. The number of carbonyl (C=O) groups is 2. The molecule has 0 radical (unpaired) electrons. The Balaban J connectivity index is 1.39. The van der Waals surface area contributed by atoms with E-state index < -0.39 is 0 Å². The number of halogens is 1. The molecule has 0 bridgehead atoms. The lowest BCUT2D eigenvalue weighted by atomic mass is 10.1. The number of rotatable bonds is 3. The van der Waals surface area contributed by atoms with Crippen LogP contribution in [-0.4, -0.2) is 47.8 Å². The number of amides is 2. The largest absolute Gasteiger partial charge is 0.468 e. The molecule has 2 aromatic rings. The van der Waals surface area contributed by atoms with Gasteiger partial charge in [0, 0.05) is 37.7 Å². The third-order valence-electron chi connectivity index (χ3n) is 4.82. The van der Waals surface area contributed by atoms with Gasteiger partial charge in [-0.1, -0.05) is 0 Å². The molecule has 1 aliphatic heterocycles. The molecule has 1 aromatic carbocycles. The van der Waals surface area contributed by atoms with E-state index in [0.29, 0.717) is 43.2 Å². The van der Waals surface area contributed by atoms with Crippen molar-refractivity contribution in [3.05, 3.63) is 59.3 Å². The molecule has 0 unspecified atom stereocenters. The van der Waals surface area contributed by atoms with Gasteiger partial charge in [0.25, 0.3) is 11.8 Å². The van der Waals surface area contributed by atoms with Crippen LogP contribution in [0.1, 0.15) is 45.2 Å². The molecule has 25 heavy (non-hydrogen) atoms. The van der Waals surface area contributed by atoms with Gasteiger partial charge in [0.15, 0.2) is 0 Å². The number of furan rings is 1. The summed E-state index contributed by atoms with van der Waals surface area (Å²) >= 11 is 0. The molecule has 130 valence electrons. The summed E-state index contributed by atoms with van der Waals surface area (Å²) in [6, 6.07) is 7.29. The Morgan fingerprint density at radius 2 is 1.52 bits per heavy atom. The van der Waals surface area contributed by atoms with E-state index in [1.54, 1.807) is 22.1 Å². The lowest BCUT2D eigenvalue weighted by Gasteiger charge is -2.34. The van der Waals surface area contributed by atoms with Gasteiger partial charge in [0.1, 0.15) is 11.6 Å². The maximum Gasteiger partial charge on any atom is 0.257 e. The highest BCUT2D eigenvalue weighted by Gasteiger charge is 2.33. The fraction of sp³-hybridized carbons (Fsp3) is 0.368. The molecule has 6 heteroatoms. The fourth-order valence-electron chi connectivity index (χ4n) is 3.22. The Labute approximate surface area is 145 Å². The smallest absolute Gasteiger partial charge is 0.257 e. The van der Waals surface area contributed by atoms with Gasteiger partial charge < -0.3 is 14.2 Å². The Hall–Kier alpha value is -2.63. The summed E-state index contributed by atoms with van der Waals surface area (Å²) in [5.74, 6) is 0.669. The first-order valence-electron chi connectivity index (χ1n) is 8.55. The average molecular weight is 342 g/mol. The van der Waals surface area contributed by atoms with Crippen LogP contribution < -0.4 is 0 Å². The minimum atomic E-state index is -0.362. The predicted octanol–water partition coefficient (Wildman–Crippen LogP) is 2.89. The fourth-order valence-corrected chi connectivity index (χ4v) is 3.22. The second-order valence-corrected chi connectivity index (χ2v) is 6.56. The van der Waals surface area contributed by atoms with Crippen LogP contribution in [0.25, 0.3) is 0 Å². The van der Waals surface area contributed by atoms with Gasteiger partial charge in [-0.2, -0.15) is 0 Å². The Kier molecular flexibility index (Phi) is 4.03. The van der Waals surface area contributed by atoms with E-state index >= 15 is 0 Å². The van der Waals surface area contributed by atoms with Crippen molar-refractivity contribution in [2.24, 2.45) is 0 Å². The molecular weight excluding hydrogens is 323 g/mol. The van der Waals surface area contributed by atoms with Crippen LogP contribution in [0.2, 0.25) is 0 Å². The van der Waals surface area contributed by atoms with E-state index in [1.807, 2.05) is 0 Å². The highest BCUT2D eigenvalue weighted by atomic mass is 19.1. The van der Waals surface area contributed by atoms with Crippen LogP contribution in [-0.2, 0) is 0 Å². The summed E-state index contributed by atoms with van der Waals surface area (Å²) in [7, 11) is 0. The lowest BCUT2D eigenvalue weighted by Crippen LogP contribution is -2.50. The van der Waals surface area contributed by atoms with Crippen molar-refractivity contribution in [3.63, 3.8) is 0 Å². The number of nitrogens with zero attached hydrogens (tertiary/aromatic N) is 2. The maximum atomic E-state index is 13.0. The standard InChI is InChI=1S/C19H19FN2O3/c20-15-5-3-14(4-6-15)18(23)21-8-10-22(11-9-21)19(24)16-7-12-25-17(16)13-1-2-13/h3-7,12-13H,1-2,8-11H2. The molecular formula is C19H19FN2O3. The van der Waals surface area contributed by atoms with Crippen molar-refractivity contribution in [2.75, 3.05) is 26.2 Å². The molecule has 0 N–H and O–H groups in total. The van der Waals surface area contributed by atoms with Crippen LogP contribution in [0.3, 0.4) is 0 Å². The molecule has 2 amide bonds. The van der Waals surface area contributed by atoms with Gasteiger partial charge in [-0.25, -0.2) is 4.39 Å². The zero-order valence-electron chi connectivity index (χ0n) is 13.8. The molecule has 0 atom stereocenters. The van der Waals surface area contributed by atoms with E-state index in [1.165, 1.54) is 24.3 Å². The van der Waals surface area contributed by atoms with Gasteiger partial charge in [-0.05, 0) is 43.2 Å². The van der Waals surface area contributed by atoms with Gasteiger partial charge >= 0.3 is 0 Å². The van der Waals surface area contributed by atoms with Crippen molar-refractivity contribution in [1.29, 1.82) is 0 Å². The molecule has 5 nitrogen and oxygen atoms in total. The predicted molar refractivity (Wildman–Crippen MR) is 88.9 cm³/mol. The van der Waals surface area contributed by atoms with E-state index in [9.17, 15) is 14.0 Å². The highest BCUT2D eigenvalue weighted by molar-refractivity contribution is 5.96. The van der Waals surface area contributed by atoms with Crippen LogP contribution in [0.4, 0.5) is 4.39 Å². The quantitative estimate of drug-likeness (QED) is 0.862.